The van der Waals surface area contributed by atoms with Crippen LogP contribution in [0.15, 0.2) is 0 Å². The summed E-state index contributed by atoms with van der Waals surface area (Å²) >= 11 is 0. The van der Waals surface area contributed by atoms with Crippen molar-refractivity contribution in [2.45, 2.75) is 31.3 Å². The normalized spacial score (nSPS) is 33.3. The van der Waals surface area contributed by atoms with Gasteiger partial charge in [0.15, 0.2) is 0 Å². The summed E-state index contributed by atoms with van der Waals surface area (Å²) in [7, 11) is 2.03. The second-order valence-electron chi connectivity index (χ2n) is 4.71. The van der Waals surface area contributed by atoms with Gasteiger partial charge in [-0.3, -0.25) is 4.79 Å². The van der Waals surface area contributed by atoms with E-state index in [1.165, 1.54) is 12.8 Å². The van der Waals surface area contributed by atoms with Gasteiger partial charge in [-0.2, -0.15) is 0 Å². The van der Waals surface area contributed by atoms with E-state index in [1.54, 1.807) is 0 Å². The van der Waals surface area contributed by atoms with Crippen LogP contribution in [0.3, 0.4) is 0 Å². The highest BCUT2D eigenvalue weighted by molar-refractivity contribution is 5.77. The minimum absolute atomic E-state index is 0.100. The second kappa shape index (κ2) is 3.87. The van der Waals surface area contributed by atoms with Gasteiger partial charge in [-0.15, -0.1) is 0 Å². The van der Waals surface area contributed by atoms with E-state index in [1.807, 2.05) is 7.05 Å². The molecule has 1 saturated carbocycles. The van der Waals surface area contributed by atoms with Gasteiger partial charge in [0.25, 0.3) is 0 Å². The molecular formula is C10H19N3O. The average Bonchev–Trinajstić information content (AvgIpc) is 2.81. The van der Waals surface area contributed by atoms with E-state index in [-0.39, 0.29) is 18.0 Å². The lowest BCUT2D eigenvalue weighted by Crippen LogP contribution is -2.46. The fraction of sp³-hybridized carbons (Fsp3) is 0.900. The number of carbonyl (C=O) groups is 1. The smallest absolute Gasteiger partial charge is 0.220 e. The largest absolute Gasteiger partial charge is 0.350 e. The molecule has 0 spiro atoms. The van der Waals surface area contributed by atoms with Gasteiger partial charge < -0.3 is 16.0 Å². The lowest BCUT2D eigenvalue weighted by atomic mass is 10.1. The summed E-state index contributed by atoms with van der Waals surface area (Å²) in [5, 5.41) is 3.02. The Morgan fingerprint density at radius 3 is 2.71 bits per heavy atom. The summed E-state index contributed by atoms with van der Waals surface area (Å²) in [6.45, 7) is 1.77. The monoisotopic (exact) mass is 197 g/mol. The van der Waals surface area contributed by atoms with Gasteiger partial charge in [-0.05, 0) is 25.8 Å². The predicted octanol–water partition coefficient (Wildman–Crippen LogP) is -0.456. The van der Waals surface area contributed by atoms with E-state index in [2.05, 4.69) is 10.2 Å². The third-order valence-corrected chi connectivity index (χ3v) is 3.07. The molecule has 14 heavy (non-hydrogen) atoms. The van der Waals surface area contributed by atoms with E-state index < -0.39 is 0 Å². The molecule has 2 fully saturated rings. The summed E-state index contributed by atoms with van der Waals surface area (Å²) < 4.78 is 0. The Morgan fingerprint density at radius 2 is 2.21 bits per heavy atom. The molecular weight excluding hydrogens is 178 g/mol. The first-order chi connectivity index (χ1) is 6.65. The minimum Gasteiger partial charge on any atom is -0.350 e. The minimum atomic E-state index is 0.100. The number of hydrogen-bond acceptors (Lipinski definition) is 3. The molecule has 4 nitrogen and oxygen atoms in total. The van der Waals surface area contributed by atoms with Crippen LogP contribution in [0.5, 0.6) is 0 Å². The quantitative estimate of drug-likeness (QED) is 0.644. The number of nitrogens with two attached hydrogens (primary N) is 1. The van der Waals surface area contributed by atoms with Crippen LogP contribution in [0.4, 0.5) is 0 Å². The molecule has 1 aliphatic carbocycles. The Bertz CT molecular complexity index is 227. The van der Waals surface area contributed by atoms with Crippen molar-refractivity contribution in [3.8, 4) is 0 Å². The molecule has 1 amide bonds. The van der Waals surface area contributed by atoms with Crippen LogP contribution in [0.2, 0.25) is 0 Å². The van der Waals surface area contributed by atoms with E-state index in [4.69, 9.17) is 5.73 Å². The summed E-state index contributed by atoms with van der Waals surface area (Å²) in [6, 6.07) is 0.259. The zero-order valence-electron chi connectivity index (χ0n) is 8.70. The van der Waals surface area contributed by atoms with Crippen LogP contribution in [-0.2, 0) is 4.79 Å². The van der Waals surface area contributed by atoms with Crippen molar-refractivity contribution in [3.63, 3.8) is 0 Å². The molecule has 0 aromatic carbocycles. The van der Waals surface area contributed by atoms with Gasteiger partial charge in [0.2, 0.25) is 5.91 Å². The van der Waals surface area contributed by atoms with Crippen LogP contribution in [0.1, 0.15) is 19.3 Å². The first-order valence-corrected chi connectivity index (χ1v) is 5.38. The number of nitrogens with one attached hydrogen (secondary N) is 1. The highest BCUT2D eigenvalue weighted by Crippen LogP contribution is 2.32. The van der Waals surface area contributed by atoms with Gasteiger partial charge in [0, 0.05) is 25.6 Å². The number of likely N-dealkylation sites (N-methyl/N-ethyl adjacent to an activating group) is 1. The van der Waals surface area contributed by atoms with Crippen molar-refractivity contribution in [1.29, 1.82) is 0 Å². The van der Waals surface area contributed by atoms with Crippen LogP contribution >= 0.6 is 0 Å². The lowest BCUT2D eigenvalue weighted by Gasteiger charge is -2.16. The lowest BCUT2D eigenvalue weighted by molar-refractivity contribution is -0.122. The molecule has 1 heterocycles. The van der Waals surface area contributed by atoms with Crippen molar-refractivity contribution < 1.29 is 4.79 Å². The number of carbonyl (C=O) groups excluding carboxylic acids is 1. The number of rotatable bonds is 3. The summed E-state index contributed by atoms with van der Waals surface area (Å²) in [5.41, 5.74) is 5.91. The Balaban J connectivity index is 1.75. The molecule has 2 atom stereocenters. The number of nitrogens with zero attached hydrogens (tertiary/aromatic N) is 1. The van der Waals surface area contributed by atoms with Crippen molar-refractivity contribution in [1.82, 2.24) is 10.2 Å². The Kier molecular flexibility index (Phi) is 2.74. The molecule has 0 bridgehead atoms. The van der Waals surface area contributed by atoms with Gasteiger partial charge in [0.05, 0.1) is 6.04 Å². The average molecular weight is 197 g/mol. The van der Waals surface area contributed by atoms with Crippen LogP contribution in [0, 0.1) is 5.92 Å². The van der Waals surface area contributed by atoms with Crippen molar-refractivity contribution in [3.05, 3.63) is 0 Å². The highest BCUT2D eigenvalue weighted by atomic mass is 16.1. The summed E-state index contributed by atoms with van der Waals surface area (Å²) in [5.74, 6) is 0.841. The molecule has 0 radical (unpaired) electrons. The van der Waals surface area contributed by atoms with Gasteiger partial charge in [0.1, 0.15) is 0 Å². The molecule has 0 aromatic heterocycles. The third-order valence-electron chi connectivity index (χ3n) is 3.07. The SMILES string of the molecule is CN1CC(N)C(NC(=O)CC2CC2)C1. The molecule has 2 unspecified atom stereocenters. The van der Waals surface area contributed by atoms with Crippen LogP contribution < -0.4 is 11.1 Å². The van der Waals surface area contributed by atoms with Crippen LogP contribution in [0.25, 0.3) is 0 Å². The van der Waals surface area contributed by atoms with Gasteiger partial charge in [-0.1, -0.05) is 0 Å². The maximum atomic E-state index is 11.5. The molecule has 2 aliphatic rings. The van der Waals surface area contributed by atoms with E-state index in [0.717, 1.165) is 13.1 Å². The maximum Gasteiger partial charge on any atom is 0.220 e. The first kappa shape index (κ1) is 9.93. The number of hydrogen-bond donors (Lipinski definition) is 2. The van der Waals surface area contributed by atoms with Crippen molar-refractivity contribution in [2.75, 3.05) is 20.1 Å². The molecule has 0 aromatic rings. The third kappa shape index (κ3) is 2.45. The molecule has 1 aliphatic heterocycles. The molecule has 80 valence electrons. The predicted molar refractivity (Wildman–Crippen MR) is 54.7 cm³/mol. The summed E-state index contributed by atoms with van der Waals surface area (Å²) in [4.78, 5) is 13.7. The maximum absolute atomic E-state index is 11.5. The van der Waals surface area contributed by atoms with Gasteiger partial charge >= 0.3 is 0 Å². The van der Waals surface area contributed by atoms with E-state index >= 15 is 0 Å². The van der Waals surface area contributed by atoms with Crippen molar-refractivity contribution >= 4 is 5.91 Å². The second-order valence-corrected chi connectivity index (χ2v) is 4.71. The van der Waals surface area contributed by atoms with Crippen LogP contribution in [-0.4, -0.2) is 43.0 Å². The molecule has 1 saturated heterocycles. The first-order valence-electron chi connectivity index (χ1n) is 5.38. The standard InChI is InChI=1S/C10H19N3O/c1-13-5-8(11)9(6-13)12-10(14)4-7-2-3-7/h7-9H,2-6,11H2,1H3,(H,12,14). The van der Waals surface area contributed by atoms with Gasteiger partial charge in [-0.25, -0.2) is 0 Å². The Hall–Kier alpha value is -0.610. The fourth-order valence-corrected chi connectivity index (χ4v) is 2.04. The fourth-order valence-electron chi connectivity index (χ4n) is 2.04. The molecule has 2 rings (SSSR count). The summed E-state index contributed by atoms with van der Waals surface area (Å²) in [6.07, 6.45) is 3.15. The Morgan fingerprint density at radius 1 is 1.50 bits per heavy atom. The number of amides is 1. The topological polar surface area (TPSA) is 58.4 Å². The van der Waals surface area contributed by atoms with Crippen molar-refractivity contribution in [2.24, 2.45) is 11.7 Å². The highest BCUT2D eigenvalue weighted by Gasteiger charge is 2.31. The number of likely N-dealkylation sites (tertiary alicyclic amines) is 1. The zero-order chi connectivity index (χ0) is 10.1. The zero-order valence-corrected chi connectivity index (χ0v) is 8.70. The van der Waals surface area contributed by atoms with E-state index in [9.17, 15) is 4.79 Å². The Labute approximate surface area is 84.8 Å². The molecule has 4 heteroatoms. The van der Waals surface area contributed by atoms with E-state index in [0.29, 0.717) is 12.3 Å². The molecule has 3 N–H and O–H groups in total.